The molecule has 2 fully saturated rings. The van der Waals surface area contributed by atoms with E-state index < -0.39 is 6.04 Å². The van der Waals surface area contributed by atoms with Gasteiger partial charge in [-0.15, -0.1) is 0 Å². The zero-order valence-electron chi connectivity index (χ0n) is 14.9. The normalized spacial score (nSPS) is 25.0. The first-order chi connectivity index (χ1) is 12.3. The fourth-order valence-corrected chi connectivity index (χ4v) is 4.87. The Morgan fingerprint density at radius 2 is 1.56 bits per heavy atom. The first-order valence-corrected chi connectivity index (χ1v) is 9.97. The third-order valence-corrected chi connectivity index (χ3v) is 6.17. The number of carbonyl (C=O) groups is 2. The van der Waals surface area contributed by atoms with Gasteiger partial charge in [0.15, 0.2) is 0 Å². The van der Waals surface area contributed by atoms with Gasteiger partial charge in [-0.25, -0.2) is 0 Å². The Hall–Kier alpha value is -1.84. The Balaban J connectivity index is 1.59. The number of hydrogen-bond donors (Lipinski definition) is 1. The number of fused-ring (bicyclic) bond motifs is 1. The summed E-state index contributed by atoms with van der Waals surface area (Å²) < 4.78 is 0. The highest BCUT2D eigenvalue weighted by Gasteiger charge is 2.45. The summed E-state index contributed by atoms with van der Waals surface area (Å²) >= 11 is 0. The highest BCUT2D eigenvalue weighted by Crippen LogP contribution is 2.39. The highest BCUT2D eigenvalue weighted by atomic mass is 16.2. The fourth-order valence-electron chi connectivity index (χ4n) is 4.87. The number of nitrogens with one attached hydrogen (secondary N) is 1. The minimum absolute atomic E-state index is 0.0251. The topological polar surface area (TPSA) is 49.4 Å². The van der Waals surface area contributed by atoms with Crippen LogP contribution in [0.4, 0.5) is 0 Å². The van der Waals surface area contributed by atoms with Crippen molar-refractivity contribution in [1.29, 1.82) is 0 Å². The molecular formula is C21H28N2O2. The summed E-state index contributed by atoms with van der Waals surface area (Å²) in [4.78, 5) is 28.1. The van der Waals surface area contributed by atoms with E-state index in [1.807, 2.05) is 29.2 Å². The summed E-state index contributed by atoms with van der Waals surface area (Å²) in [6.07, 6.45) is 11.4. The minimum Gasteiger partial charge on any atom is -0.351 e. The number of amides is 2. The van der Waals surface area contributed by atoms with E-state index >= 15 is 0 Å². The van der Waals surface area contributed by atoms with Crippen molar-refractivity contribution < 1.29 is 9.59 Å². The van der Waals surface area contributed by atoms with E-state index in [2.05, 4.69) is 5.32 Å². The Morgan fingerprint density at radius 1 is 0.920 bits per heavy atom. The van der Waals surface area contributed by atoms with Crippen LogP contribution >= 0.6 is 0 Å². The van der Waals surface area contributed by atoms with Gasteiger partial charge in [-0.1, -0.05) is 56.7 Å². The lowest BCUT2D eigenvalue weighted by atomic mass is 10.0. The molecule has 0 unspecified atom stereocenters. The van der Waals surface area contributed by atoms with Gasteiger partial charge in [-0.2, -0.15) is 0 Å². The largest absolute Gasteiger partial charge is 0.351 e. The van der Waals surface area contributed by atoms with Crippen molar-refractivity contribution >= 4 is 11.8 Å². The summed E-state index contributed by atoms with van der Waals surface area (Å²) in [7, 11) is 0. The number of hydrogen-bond acceptors (Lipinski definition) is 2. The highest BCUT2D eigenvalue weighted by molar-refractivity contribution is 6.05. The molecule has 1 aliphatic heterocycles. The Labute approximate surface area is 150 Å². The lowest BCUT2D eigenvalue weighted by molar-refractivity contribution is -0.127. The molecule has 4 rings (SSSR count). The molecule has 134 valence electrons. The molecule has 2 amide bonds. The van der Waals surface area contributed by atoms with Crippen molar-refractivity contribution in [2.45, 2.75) is 82.3 Å². The van der Waals surface area contributed by atoms with Gasteiger partial charge in [0.2, 0.25) is 5.91 Å². The van der Waals surface area contributed by atoms with Crippen LogP contribution in [0.1, 0.15) is 86.2 Å². The number of rotatable bonds is 3. The van der Waals surface area contributed by atoms with Gasteiger partial charge in [0.05, 0.1) is 0 Å². The Bertz CT molecular complexity index is 643. The van der Waals surface area contributed by atoms with Crippen LogP contribution in [0.15, 0.2) is 24.3 Å². The molecule has 0 bridgehead atoms. The third-order valence-electron chi connectivity index (χ3n) is 6.17. The smallest absolute Gasteiger partial charge is 0.255 e. The first-order valence-electron chi connectivity index (χ1n) is 9.97. The van der Waals surface area contributed by atoms with E-state index in [4.69, 9.17) is 0 Å². The maximum absolute atomic E-state index is 13.2. The molecule has 0 spiro atoms. The van der Waals surface area contributed by atoms with Gasteiger partial charge in [-0.05, 0) is 37.3 Å². The standard InChI is InChI=1S/C21H28N2O2/c24-20(22-15-9-3-1-2-4-10-15)19-17-13-7-8-14-18(17)21(25)23(19)16-11-5-6-12-16/h7-8,13-16,19H,1-6,9-12H2,(H,22,24)/t19-/m0/s1. The lowest BCUT2D eigenvalue weighted by Crippen LogP contribution is -2.46. The summed E-state index contributed by atoms with van der Waals surface area (Å²) in [5, 5.41) is 3.28. The van der Waals surface area contributed by atoms with Crippen LogP contribution in [-0.4, -0.2) is 28.8 Å². The van der Waals surface area contributed by atoms with Crippen molar-refractivity contribution in [1.82, 2.24) is 10.2 Å². The van der Waals surface area contributed by atoms with Crippen LogP contribution in [0.25, 0.3) is 0 Å². The third kappa shape index (κ3) is 3.19. The van der Waals surface area contributed by atoms with Crippen molar-refractivity contribution in [3.8, 4) is 0 Å². The van der Waals surface area contributed by atoms with E-state index in [0.717, 1.165) is 49.7 Å². The van der Waals surface area contributed by atoms with Crippen LogP contribution in [0.3, 0.4) is 0 Å². The molecule has 0 saturated heterocycles. The molecule has 1 N–H and O–H groups in total. The molecule has 4 nitrogen and oxygen atoms in total. The van der Waals surface area contributed by atoms with E-state index in [-0.39, 0.29) is 23.9 Å². The molecule has 1 heterocycles. The number of carbonyl (C=O) groups excluding carboxylic acids is 2. The van der Waals surface area contributed by atoms with Crippen molar-refractivity contribution in [3.05, 3.63) is 35.4 Å². The molecule has 25 heavy (non-hydrogen) atoms. The predicted octanol–water partition coefficient (Wildman–Crippen LogP) is 3.97. The summed E-state index contributed by atoms with van der Waals surface area (Å²) in [5.74, 6) is 0.0700. The molecule has 4 heteroatoms. The number of nitrogens with zero attached hydrogens (tertiary/aromatic N) is 1. The average molecular weight is 340 g/mol. The van der Waals surface area contributed by atoms with E-state index in [0.29, 0.717) is 0 Å². The zero-order chi connectivity index (χ0) is 17.2. The van der Waals surface area contributed by atoms with Gasteiger partial charge in [0.1, 0.15) is 6.04 Å². The van der Waals surface area contributed by atoms with E-state index in [9.17, 15) is 9.59 Å². The van der Waals surface area contributed by atoms with Crippen LogP contribution in [0.5, 0.6) is 0 Å². The molecule has 3 aliphatic rings. The molecule has 1 aromatic carbocycles. The van der Waals surface area contributed by atoms with Gasteiger partial charge in [-0.3, -0.25) is 9.59 Å². The fraction of sp³-hybridized carbons (Fsp3) is 0.619. The second-order valence-electron chi connectivity index (χ2n) is 7.84. The molecule has 0 aromatic heterocycles. The van der Waals surface area contributed by atoms with Crippen molar-refractivity contribution in [3.63, 3.8) is 0 Å². The second kappa shape index (κ2) is 7.19. The maximum atomic E-state index is 13.2. The minimum atomic E-state index is -0.435. The van der Waals surface area contributed by atoms with Gasteiger partial charge < -0.3 is 10.2 Å². The first kappa shape index (κ1) is 16.6. The molecule has 1 atom stereocenters. The molecule has 0 radical (unpaired) electrons. The summed E-state index contributed by atoms with van der Waals surface area (Å²) in [6, 6.07) is 7.71. The monoisotopic (exact) mass is 340 g/mol. The molecular weight excluding hydrogens is 312 g/mol. The zero-order valence-corrected chi connectivity index (χ0v) is 14.9. The van der Waals surface area contributed by atoms with Crippen LogP contribution in [0, 0.1) is 0 Å². The van der Waals surface area contributed by atoms with Gasteiger partial charge in [0.25, 0.3) is 5.91 Å². The van der Waals surface area contributed by atoms with Crippen molar-refractivity contribution in [2.75, 3.05) is 0 Å². The lowest BCUT2D eigenvalue weighted by Gasteiger charge is -2.31. The Morgan fingerprint density at radius 3 is 2.28 bits per heavy atom. The quantitative estimate of drug-likeness (QED) is 0.847. The maximum Gasteiger partial charge on any atom is 0.255 e. The van der Waals surface area contributed by atoms with E-state index in [1.54, 1.807) is 0 Å². The number of benzene rings is 1. The van der Waals surface area contributed by atoms with E-state index in [1.165, 1.54) is 25.7 Å². The SMILES string of the molecule is O=C(NC1CCCCCC1)[C@@H]1c2ccccc2C(=O)N1C1CCCC1. The van der Waals surface area contributed by atoms with Gasteiger partial charge in [0, 0.05) is 17.6 Å². The summed E-state index contributed by atoms with van der Waals surface area (Å²) in [6.45, 7) is 0. The molecule has 1 aromatic rings. The average Bonchev–Trinajstić information content (AvgIpc) is 3.16. The van der Waals surface area contributed by atoms with Gasteiger partial charge >= 0.3 is 0 Å². The van der Waals surface area contributed by atoms with Crippen molar-refractivity contribution in [2.24, 2.45) is 0 Å². The van der Waals surface area contributed by atoms with Crippen LogP contribution in [-0.2, 0) is 4.79 Å². The summed E-state index contributed by atoms with van der Waals surface area (Å²) in [5.41, 5.74) is 1.61. The molecule has 2 aliphatic carbocycles. The molecule has 2 saturated carbocycles. The predicted molar refractivity (Wildman–Crippen MR) is 97.2 cm³/mol. The van der Waals surface area contributed by atoms with Crippen LogP contribution in [0.2, 0.25) is 0 Å². The van der Waals surface area contributed by atoms with Crippen LogP contribution < -0.4 is 5.32 Å². The Kier molecular flexibility index (Phi) is 4.78. The second-order valence-corrected chi connectivity index (χ2v) is 7.84.